The number of ketones is 1. The fourth-order valence-corrected chi connectivity index (χ4v) is 1.74. The minimum Gasteiger partial charge on any atom is -0.293 e. The molecule has 1 aromatic carbocycles. The fourth-order valence-electron chi connectivity index (χ4n) is 1.01. The predicted octanol–water partition coefficient (Wildman–Crippen LogP) is 3.47. The van der Waals surface area contributed by atoms with E-state index in [0.717, 1.165) is 0 Å². The van der Waals surface area contributed by atoms with Gasteiger partial charge in [-0.2, -0.15) is 0 Å². The summed E-state index contributed by atoms with van der Waals surface area (Å²) in [5.74, 6) is -0.476. The molecule has 0 heterocycles. The van der Waals surface area contributed by atoms with Crippen molar-refractivity contribution < 1.29 is 9.18 Å². The van der Waals surface area contributed by atoms with Crippen LogP contribution in [0.3, 0.4) is 0 Å². The van der Waals surface area contributed by atoms with E-state index >= 15 is 0 Å². The first-order valence-corrected chi connectivity index (χ1v) is 5.52. The van der Waals surface area contributed by atoms with Crippen molar-refractivity contribution in [2.75, 3.05) is 5.33 Å². The topological polar surface area (TPSA) is 17.1 Å². The van der Waals surface area contributed by atoms with Crippen LogP contribution in [0.25, 0.3) is 0 Å². The van der Waals surface area contributed by atoms with Gasteiger partial charge in [0.05, 0.1) is 5.33 Å². The van der Waals surface area contributed by atoms with E-state index in [-0.39, 0.29) is 16.9 Å². The number of alkyl halides is 1. The van der Waals surface area contributed by atoms with Crippen LogP contribution in [0.5, 0.6) is 0 Å². The van der Waals surface area contributed by atoms with Crippen molar-refractivity contribution in [1.82, 2.24) is 0 Å². The third-order valence-corrected chi connectivity index (χ3v) is 2.70. The van der Waals surface area contributed by atoms with Crippen LogP contribution in [0.2, 0.25) is 0 Å². The number of benzene rings is 1. The van der Waals surface area contributed by atoms with Gasteiger partial charge in [-0.1, -0.05) is 31.9 Å². The van der Waals surface area contributed by atoms with Crippen molar-refractivity contribution in [3.05, 3.63) is 33.5 Å². The van der Waals surface area contributed by atoms with E-state index in [9.17, 15) is 9.18 Å². The number of halogens is 3. The molecule has 1 nitrogen and oxygen atoms in total. The van der Waals surface area contributed by atoms with E-state index in [4.69, 9.17) is 0 Å². The molecule has 0 aromatic heterocycles. The third kappa shape index (κ3) is 2.38. The van der Waals surface area contributed by atoms with Gasteiger partial charge in [0.25, 0.3) is 0 Å². The molecule has 0 atom stereocenters. The molecule has 0 N–H and O–H groups in total. The Hall–Kier alpha value is -0.220. The van der Waals surface area contributed by atoms with Gasteiger partial charge >= 0.3 is 0 Å². The summed E-state index contributed by atoms with van der Waals surface area (Å²) < 4.78 is 13.7. The van der Waals surface area contributed by atoms with Gasteiger partial charge in [0.1, 0.15) is 5.82 Å². The highest BCUT2D eigenvalue weighted by molar-refractivity contribution is 9.10. The Morgan fingerprint density at radius 2 is 2.15 bits per heavy atom. The van der Waals surface area contributed by atoms with E-state index in [1.807, 2.05) is 0 Å². The average Bonchev–Trinajstić information content (AvgIpc) is 2.10. The largest absolute Gasteiger partial charge is 0.293 e. The molecule has 0 amide bonds. The van der Waals surface area contributed by atoms with Gasteiger partial charge in [0.15, 0.2) is 5.78 Å². The smallest absolute Gasteiger partial charge is 0.173 e. The predicted molar refractivity (Wildman–Crippen MR) is 57.0 cm³/mol. The lowest BCUT2D eigenvalue weighted by atomic mass is 10.1. The van der Waals surface area contributed by atoms with Crippen molar-refractivity contribution in [3.8, 4) is 0 Å². The zero-order valence-corrected chi connectivity index (χ0v) is 10.1. The second kappa shape index (κ2) is 4.33. The zero-order valence-electron chi connectivity index (χ0n) is 6.90. The van der Waals surface area contributed by atoms with E-state index < -0.39 is 0 Å². The Labute approximate surface area is 92.6 Å². The van der Waals surface area contributed by atoms with Gasteiger partial charge in [0.2, 0.25) is 0 Å². The minimum absolute atomic E-state index is 0.113. The summed E-state index contributed by atoms with van der Waals surface area (Å²) in [6.45, 7) is 1.59. The van der Waals surface area contributed by atoms with Gasteiger partial charge in [-0.05, 0) is 24.6 Å². The summed E-state index contributed by atoms with van der Waals surface area (Å²) in [5, 5.41) is 0.212. The fraction of sp³-hybridized carbons (Fsp3) is 0.222. The lowest BCUT2D eigenvalue weighted by molar-refractivity contribution is 0.102. The summed E-state index contributed by atoms with van der Waals surface area (Å²) in [6.07, 6.45) is 0. The van der Waals surface area contributed by atoms with Crippen molar-refractivity contribution >= 4 is 37.6 Å². The quantitative estimate of drug-likeness (QED) is 0.604. The maximum absolute atomic E-state index is 13.1. The number of carbonyl (C=O) groups excluding carboxylic acids is 1. The summed E-state index contributed by atoms with van der Waals surface area (Å²) in [7, 11) is 0. The molecule has 70 valence electrons. The minimum atomic E-state index is -0.362. The Morgan fingerprint density at radius 1 is 1.54 bits per heavy atom. The van der Waals surface area contributed by atoms with Crippen LogP contribution in [0.1, 0.15) is 15.9 Å². The Kier molecular flexibility index (Phi) is 3.62. The molecule has 0 bridgehead atoms. The van der Waals surface area contributed by atoms with Crippen molar-refractivity contribution in [2.24, 2.45) is 0 Å². The first-order valence-electron chi connectivity index (χ1n) is 3.61. The summed E-state index contributed by atoms with van der Waals surface area (Å²) in [4.78, 5) is 11.3. The second-order valence-corrected chi connectivity index (χ2v) is 4.09. The molecular weight excluding hydrogens is 303 g/mol. The van der Waals surface area contributed by atoms with Gasteiger partial charge in [-0.25, -0.2) is 4.39 Å². The summed E-state index contributed by atoms with van der Waals surface area (Å²) >= 11 is 6.18. The van der Waals surface area contributed by atoms with E-state index in [0.29, 0.717) is 15.6 Å². The number of rotatable bonds is 2. The SMILES string of the molecule is Cc1c(F)cc(Br)cc1C(=O)CBr. The lowest BCUT2D eigenvalue weighted by Crippen LogP contribution is -2.04. The number of Topliss-reactive ketones (excluding diaryl/α,β-unsaturated/α-hetero) is 1. The van der Waals surface area contributed by atoms with Crippen LogP contribution in [-0.2, 0) is 0 Å². The molecule has 1 rings (SSSR count). The first-order chi connectivity index (χ1) is 6.06. The monoisotopic (exact) mass is 308 g/mol. The van der Waals surface area contributed by atoms with Gasteiger partial charge in [0, 0.05) is 10.0 Å². The average molecular weight is 310 g/mol. The summed E-state index contributed by atoms with van der Waals surface area (Å²) in [6, 6.07) is 2.97. The Bertz CT molecular complexity index is 350. The molecule has 13 heavy (non-hydrogen) atoms. The van der Waals surface area contributed by atoms with Crippen LogP contribution in [0, 0.1) is 12.7 Å². The van der Waals surface area contributed by atoms with E-state index in [2.05, 4.69) is 31.9 Å². The first kappa shape index (κ1) is 10.9. The highest BCUT2D eigenvalue weighted by atomic mass is 79.9. The third-order valence-electron chi connectivity index (χ3n) is 1.73. The van der Waals surface area contributed by atoms with Crippen LogP contribution < -0.4 is 0 Å². The number of hydrogen-bond donors (Lipinski definition) is 0. The Morgan fingerprint density at radius 3 is 2.69 bits per heavy atom. The van der Waals surface area contributed by atoms with Gasteiger partial charge < -0.3 is 0 Å². The highest BCUT2D eigenvalue weighted by Crippen LogP contribution is 2.20. The maximum Gasteiger partial charge on any atom is 0.173 e. The molecular formula is C9H7Br2FO. The molecule has 0 aliphatic heterocycles. The normalized spacial score (nSPS) is 10.2. The van der Waals surface area contributed by atoms with Crippen molar-refractivity contribution in [2.45, 2.75) is 6.92 Å². The standard InChI is InChI=1S/C9H7Br2FO/c1-5-7(9(13)4-10)2-6(11)3-8(5)12/h2-3H,4H2,1H3. The highest BCUT2D eigenvalue weighted by Gasteiger charge is 2.11. The van der Waals surface area contributed by atoms with Crippen LogP contribution in [0.4, 0.5) is 4.39 Å². The van der Waals surface area contributed by atoms with Crippen LogP contribution in [0.15, 0.2) is 16.6 Å². The molecule has 4 heteroatoms. The Balaban J connectivity index is 3.28. The number of hydrogen-bond acceptors (Lipinski definition) is 1. The van der Waals surface area contributed by atoms with E-state index in [1.54, 1.807) is 13.0 Å². The van der Waals surface area contributed by atoms with E-state index in [1.165, 1.54) is 6.07 Å². The molecule has 1 aromatic rings. The number of carbonyl (C=O) groups is 1. The maximum atomic E-state index is 13.1. The molecule has 0 saturated heterocycles. The van der Waals surface area contributed by atoms with Gasteiger partial charge in [-0.3, -0.25) is 4.79 Å². The molecule has 0 aliphatic rings. The molecule has 0 saturated carbocycles. The van der Waals surface area contributed by atoms with Crippen LogP contribution >= 0.6 is 31.9 Å². The molecule has 0 spiro atoms. The lowest BCUT2D eigenvalue weighted by Gasteiger charge is -2.04. The second-order valence-electron chi connectivity index (χ2n) is 2.62. The molecule has 0 aliphatic carbocycles. The van der Waals surface area contributed by atoms with Crippen LogP contribution in [-0.4, -0.2) is 11.1 Å². The summed E-state index contributed by atoms with van der Waals surface area (Å²) in [5.41, 5.74) is 0.816. The van der Waals surface area contributed by atoms with Crippen molar-refractivity contribution in [3.63, 3.8) is 0 Å². The molecule has 0 fully saturated rings. The zero-order chi connectivity index (χ0) is 10.0. The van der Waals surface area contributed by atoms with Gasteiger partial charge in [-0.15, -0.1) is 0 Å². The molecule has 0 unspecified atom stereocenters. The van der Waals surface area contributed by atoms with Crippen molar-refractivity contribution in [1.29, 1.82) is 0 Å². The molecule has 0 radical (unpaired) electrons.